The fourth-order valence-corrected chi connectivity index (χ4v) is 10.2. The molecule has 3 heterocycles. The first kappa shape index (κ1) is 53.9. The molecule has 13 nitrogen and oxygen atoms in total. The van der Waals surface area contributed by atoms with Crippen molar-refractivity contribution in [2.45, 2.75) is 193 Å². The van der Waals surface area contributed by atoms with Crippen LogP contribution in [0.5, 0.6) is 0 Å². The Kier molecular flexibility index (Phi) is 20.9. The second-order valence-corrected chi connectivity index (χ2v) is 20.1. The summed E-state index contributed by atoms with van der Waals surface area (Å²) in [6.45, 7) is 15.4. The van der Waals surface area contributed by atoms with Crippen LogP contribution >= 0.6 is 0 Å². The molecular formula is C51H83NO12. The first-order valence-electron chi connectivity index (χ1n) is 24.2. The number of carbonyl (C=O) groups excluding carboxylic acids is 3. The van der Waals surface area contributed by atoms with Gasteiger partial charge in [-0.05, 0) is 120 Å². The van der Waals surface area contributed by atoms with E-state index in [2.05, 4.69) is 32.1 Å². The van der Waals surface area contributed by atoms with Crippen molar-refractivity contribution >= 4 is 17.7 Å². The number of hydrogen-bond acceptors (Lipinski definition) is 12. The fourth-order valence-electron chi connectivity index (χ4n) is 10.2. The molecule has 3 fully saturated rings. The molecule has 4 rings (SSSR count). The summed E-state index contributed by atoms with van der Waals surface area (Å²) in [7, 11) is 3.05. The van der Waals surface area contributed by atoms with Crippen LogP contribution in [-0.4, -0.2) is 130 Å². The Morgan fingerprint density at radius 3 is 2.27 bits per heavy atom. The summed E-state index contributed by atoms with van der Waals surface area (Å²) < 4.78 is 23.7. The van der Waals surface area contributed by atoms with Gasteiger partial charge in [0.2, 0.25) is 5.79 Å². The van der Waals surface area contributed by atoms with E-state index in [9.17, 15) is 39.9 Å². The lowest BCUT2D eigenvalue weighted by molar-refractivity contribution is -0.262. The molecule has 64 heavy (non-hydrogen) atoms. The zero-order valence-electron chi connectivity index (χ0n) is 40.4. The van der Waals surface area contributed by atoms with E-state index in [1.807, 2.05) is 39.8 Å². The largest absolute Gasteiger partial charge is 0.460 e. The molecule has 5 N–H and O–H groups in total. The first-order chi connectivity index (χ1) is 30.2. The highest BCUT2D eigenvalue weighted by Gasteiger charge is 2.52. The minimum absolute atomic E-state index is 0.0456. The van der Waals surface area contributed by atoms with E-state index in [1.54, 1.807) is 27.0 Å². The second-order valence-electron chi connectivity index (χ2n) is 20.1. The molecule has 2 saturated heterocycles. The smallest absolute Gasteiger partial charge is 0.329 e. The Morgan fingerprint density at radius 1 is 0.859 bits per heavy atom. The molecule has 0 aromatic carbocycles. The average molecular weight is 902 g/mol. The molecule has 364 valence electrons. The fraction of sp³-hybridized carbons (Fsp3) is 0.784. The molecule has 4 aliphatic rings. The zero-order chi connectivity index (χ0) is 47.5. The number of esters is 1. The highest BCUT2D eigenvalue weighted by atomic mass is 16.6. The number of ketones is 1. The maximum Gasteiger partial charge on any atom is 0.329 e. The van der Waals surface area contributed by atoms with E-state index < -0.39 is 84.1 Å². The van der Waals surface area contributed by atoms with Crippen molar-refractivity contribution in [2.75, 3.05) is 20.8 Å². The number of aliphatic hydroxyl groups excluding tert-OH is 4. The molecule has 6 unspecified atom stereocenters. The van der Waals surface area contributed by atoms with Gasteiger partial charge < -0.3 is 49.4 Å². The number of fused-ring (bicyclic) bond motifs is 3. The molecule has 1 amide bonds. The SMILES string of the molecule is CO[C@@H]1CC(C[C@H](C)[C@@H]2CC(O)[C@H](C)/C=C(\C)[C@@H](O)[C@@H](OC)C(O)[C@H](C)C[C@H](C)/C=C/C(C)/C=C/C(C)=C/CC3CC[C@@H](C)[C@@](O)(O3)C(=O)C(=O)N3CCCCC3C(=O)O2)CC[C@H]1O. The zero-order valence-corrected chi connectivity index (χ0v) is 40.4. The van der Waals surface area contributed by atoms with Gasteiger partial charge >= 0.3 is 5.97 Å². The minimum atomic E-state index is -2.36. The average Bonchev–Trinajstić information content (AvgIpc) is 3.27. The van der Waals surface area contributed by atoms with Crippen LogP contribution in [-0.2, 0) is 33.3 Å². The summed E-state index contributed by atoms with van der Waals surface area (Å²) in [5, 5.41) is 57.1. The van der Waals surface area contributed by atoms with Gasteiger partial charge in [-0.1, -0.05) is 83.6 Å². The Hall–Kier alpha value is -2.75. The normalized spacial score (nSPS) is 43.1. The molecule has 2 bridgehead atoms. The number of Topliss-reactive ketones (excluding diaryl/α,β-unsaturated/α-hetero) is 1. The van der Waals surface area contributed by atoms with Gasteiger partial charge in [-0.25, -0.2) is 4.79 Å². The van der Waals surface area contributed by atoms with Crippen molar-refractivity contribution in [2.24, 2.45) is 41.4 Å². The van der Waals surface area contributed by atoms with Crippen LogP contribution in [0.2, 0.25) is 0 Å². The van der Waals surface area contributed by atoms with Gasteiger partial charge in [-0.2, -0.15) is 0 Å². The molecule has 0 spiro atoms. The van der Waals surface area contributed by atoms with Gasteiger partial charge in [0.1, 0.15) is 24.4 Å². The van der Waals surface area contributed by atoms with Gasteiger partial charge in [-0.15, -0.1) is 0 Å². The first-order valence-corrected chi connectivity index (χ1v) is 24.2. The number of aliphatic hydroxyl groups is 5. The van der Waals surface area contributed by atoms with Crippen LogP contribution in [0.1, 0.15) is 132 Å². The lowest BCUT2D eigenvalue weighted by atomic mass is 9.78. The topological polar surface area (TPSA) is 193 Å². The molecular weight excluding hydrogens is 819 g/mol. The van der Waals surface area contributed by atoms with Gasteiger partial charge in [0.15, 0.2) is 0 Å². The van der Waals surface area contributed by atoms with Gasteiger partial charge in [0.25, 0.3) is 11.7 Å². The third-order valence-corrected chi connectivity index (χ3v) is 14.7. The number of allylic oxidation sites excluding steroid dienone is 5. The van der Waals surface area contributed by atoms with E-state index in [4.69, 9.17) is 18.9 Å². The lowest BCUT2D eigenvalue weighted by Crippen LogP contribution is -2.60. The Morgan fingerprint density at radius 2 is 1.58 bits per heavy atom. The standard InChI is InChI=1S/C51H83NO12/c1-30-14-15-31(2)18-21-39-22-19-37(8)51(60,64-39)48(57)49(58)52-24-12-11-13-40(52)50(59)63-43(34(5)27-38-20-23-41(53)44(28-38)61-9)29-42(54)33(4)26-36(7)46(56)47(62-10)45(55)35(6)25-32(3)17-16-30/h14-18,26,30,32-35,37-47,53-56,60H,11-13,19-25,27-29H2,1-10H3/b15-14+,17-16+,31-18+,36-26+/t30?,32-,33-,34+,35-,37-,38?,39?,40?,41-,42?,43+,44-,45?,46-,47+,51-/m1/s1. The highest BCUT2D eigenvalue weighted by Crippen LogP contribution is 2.37. The number of methoxy groups -OCH3 is 2. The van der Waals surface area contributed by atoms with Crippen molar-refractivity contribution in [3.05, 3.63) is 47.6 Å². The maximum absolute atomic E-state index is 14.4. The predicted molar refractivity (Wildman–Crippen MR) is 246 cm³/mol. The third-order valence-electron chi connectivity index (χ3n) is 14.7. The predicted octanol–water partition coefficient (Wildman–Crippen LogP) is 6.39. The quantitative estimate of drug-likeness (QED) is 0.116. The van der Waals surface area contributed by atoms with Crippen molar-refractivity contribution in [1.29, 1.82) is 0 Å². The Labute approximate surface area is 383 Å². The Balaban J connectivity index is 1.68. The number of piperidine rings is 1. The molecule has 13 heteroatoms. The van der Waals surface area contributed by atoms with Crippen LogP contribution in [0.3, 0.4) is 0 Å². The third kappa shape index (κ3) is 14.4. The number of hydrogen-bond donors (Lipinski definition) is 5. The summed E-state index contributed by atoms with van der Waals surface area (Å²) in [5.41, 5.74) is 1.50. The molecule has 17 atom stereocenters. The number of amides is 1. The summed E-state index contributed by atoms with van der Waals surface area (Å²) in [4.78, 5) is 43.9. The Bertz CT molecular complexity index is 1640. The van der Waals surface area contributed by atoms with Crippen LogP contribution in [0.25, 0.3) is 0 Å². The summed E-state index contributed by atoms with van der Waals surface area (Å²) in [6.07, 6.45) is 12.1. The van der Waals surface area contributed by atoms with Crippen LogP contribution in [0.4, 0.5) is 0 Å². The van der Waals surface area contributed by atoms with Crippen molar-refractivity contribution < 1.29 is 58.9 Å². The van der Waals surface area contributed by atoms with E-state index in [-0.39, 0.29) is 55.1 Å². The van der Waals surface area contributed by atoms with Crippen molar-refractivity contribution in [1.82, 2.24) is 4.90 Å². The van der Waals surface area contributed by atoms with Crippen LogP contribution in [0.15, 0.2) is 47.6 Å². The maximum atomic E-state index is 14.4. The number of nitrogens with zero attached hydrogens (tertiary/aromatic N) is 1. The van der Waals surface area contributed by atoms with E-state index in [0.29, 0.717) is 63.4 Å². The van der Waals surface area contributed by atoms with E-state index in [0.717, 1.165) is 12.0 Å². The monoisotopic (exact) mass is 902 g/mol. The number of rotatable bonds is 5. The van der Waals surface area contributed by atoms with Gasteiger partial charge in [-0.3, -0.25) is 9.59 Å². The van der Waals surface area contributed by atoms with Crippen molar-refractivity contribution in [3.8, 4) is 0 Å². The van der Waals surface area contributed by atoms with Crippen LogP contribution < -0.4 is 0 Å². The molecule has 0 aromatic heterocycles. The number of ether oxygens (including phenoxy) is 4. The van der Waals surface area contributed by atoms with E-state index >= 15 is 0 Å². The lowest BCUT2D eigenvalue weighted by Gasteiger charge is -2.42. The molecule has 0 aromatic rings. The van der Waals surface area contributed by atoms with Gasteiger partial charge in [0, 0.05) is 39.0 Å². The summed E-state index contributed by atoms with van der Waals surface area (Å²) in [5.74, 6) is -6.34. The molecule has 0 radical (unpaired) electrons. The van der Waals surface area contributed by atoms with Crippen molar-refractivity contribution in [3.63, 3.8) is 0 Å². The molecule has 1 aliphatic carbocycles. The molecule has 1 saturated carbocycles. The van der Waals surface area contributed by atoms with Gasteiger partial charge in [0.05, 0.1) is 30.5 Å². The molecule has 3 aliphatic heterocycles. The van der Waals surface area contributed by atoms with E-state index in [1.165, 1.54) is 12.0 Å². The highest BCUT2D eigenvalue weighted by molar-refractivity contribution is 6.39. The van der Waals surface area contributed by atoms with Crippen LogP contribution in [0, 0.1) is 41.4 Å². The second kappa shape index (κ2) is 24.9. The number of carbonyl (C=O) groups is 3. The summed E-state index contributed by atoms with van der Waals surface area (Å²) in [6, 6.07) is -1.08. The summed E-state index contributed by atoms with van der Waals surface area (Å²) >= 11 is 0. The minimum Gasteiger partial charge on any atom is -0.460 e. The number of cyclic esters (lactones) is 1.